The SMILES string of the molecule is CNC(CCCCNC(=O)CCOCCOCCOCCOCCOCCOCCOCCOCCOCCOCCOCCOCCCC(=O)C1CCC(C(C)=O)CC1)C(C)=O. The standard InChI is InChI=1S/C45H84N2O16/c1-39(48)41-9-11-42(12-10-41)44(50)8-6-15-52-17-19-54-21-23-56-25-27-58-29-31-60-33-35-62-37-38-63-36-34-61-32-30-59-28-26-57-24-22-55-20-18-53-16-13-45(51)47-14-5-4-7-43(46-3)40(2)49/h41-43,46H,4-38H2,1-3H3,(H,47,51). The van der Waals surface area contributed by atoms with Crippen LogP contribution >= 0.6 is 0 Å². The molecule has 1 unspecified atom stereocenters. The van der Waals surface area contributed by atoms with Crippen molar-refractivity contribution in [1.29, 1.82) is 0 Å². The molecule has 63 heavy (non-hydrogen) atoms. The monoisotopic (exact) mass is 909 g/mol. The molecule has 0 heterocycles. The Balaban J connectivity index is 1.65. The van der Waals surface area contributed by atoms with Crippen LogP contribution in [-0.2, 0) is 76.0 Å². The molecular weight excluding hydrogens is 824 g/mol. The number of hydrogen-bond donors (Lipinski definition) is 2. The van der Waals surface area contributed by atoms with Gasteiger partial charge >= 0.3 is 0 Å². The van der Waals surface area contributed by atoms with E-state index in [1.54, 1.807) is 20.9 Å². The molecule has 18 heteroatoms. The van der Waals surface area contributed by atoms with Crippen LogP contribution in [0.25, 0.3) is 0 Å². The van der Waals surface area contributed by atoms with Crippen LogP contribution in [0.1, 0.15) is 78.1 Å². The number of Topliss-reactive ketones (excluding diaryl/α,β-unsaturated/α-hetero) is 3. The Morgan fingerprint density at radius 1 is 0.429 bits per heavy atom. The first-order valence-electron chi connectivity index (χ1n) is 23.3. The minimum atomic E-state index is -0.111. The van der Waals surface area contributed by atoms with Gasteiger partial charge < -0.3 is 67.5 Å². The third kappa shape index (κ3) is 38.9. The lowest BCUT2D eigenvalue weighted by atomic mass is 9.78. The second-order valence-corrected chi connectivity index (χ2v) is 15.1. The molecule has 370 valence electrons. The number of ether oxygens (including phenoxy) is 12. The van der Waals surface area contributed by atoms with E-state index in [0.717, 1.165) is 51.4 Å². The summed E-state index contributed by atoms with van der Waals surface area (Å²) in [5, 5.41) is 5.87. The maximum Gasteiger partial charge on any atom is 0.222 e. The number of unbranched alkanes of at least 4 members (excludes halogenated alkanes) is 1. The van der Waals surface area contributed by atoms with Gasteiger partial charge in [-0.2, -0.15) is 0 Å². The highest BCUT2D eigenvalue weighted by atomic mass is 16.6. The van der Waals surface area contributed by atoms with Gasteiger partial charge in [-0.3, -0.25) is 19.2 Å². The molecule has 1 atom stereocenters. The molecular formula is C45H84N2O16. The van der Waals surface area contributed by atoms with Crippen molar-refractivity contribution >= 4 is 23.3 Å². The second-order valence-electron chi connectivity index (χ2n) is 15.1. The van der Waals surface area contributed by atoms with E-state index in [1.807, 2.05) is 0 Å². The number of ketones is 3. The fraction of sp³-hybridized carbons (Fsp3) is 0.911. The van der Waals surface area contributed by atoms with Gasteiger partial charge in [-0.25, -0.2) is 0 Å². The molecule has 18 nitrogen and oxygen atoms in total. The van der Waals surface area contributed by atoms with Crippen molar-refractivity contribution in [2.75, 3.05) is 172 Å². The van der Waals surface area contributed by atoms with Gasteiger partial charge in [-0.05, 0) is 72.3 Å². The number of hydrogen-bond acceptors (Lipinski definition) is 17. The number of nitrogens with one attached hydrogen (secondary N) is 2. The summed E-state index contributed by atoms with van der Waals surface area (Å²) in [5.41, 5.74) is 0. The quantitative estimate of drug-likeness (QED) is 0.0843. The van der Waals surface area contributed by atoms with Crippen LogP contribution in [0, 0.1) is 11.8 Å². The number of carbonyl (C=O) groups is 4. The number of amides is 1. The zero-order chi connectivity index (χ0) is 45.7. The lowest BCUT2D eigenvalue weighted by molar-refractivity contribution is -0.127. The summed E-state index contributed by atoms with van der Waals surface area (Å²) in [7, 11) is 1.78. The zero-order valence-corrected chi connectivity index (χ0v) is 39.0. The summed E-state index contributed by atoms with van der Waals surface area (Å²) in [6.45, 7) is 15.1. The molecule has 0 aromatic rings. The predicted octanol–water partition coefficient (Wildman–Crippen LogP) is 2.78. The van der Waals surface area contributed by atoms with E-state index >= 15 is 0 Å². The maximum absolute atomic E-state index is 12.4. The maximum atomic E-state index is 12.4. The number of likely N-dealkylation sites (N-methyl/N-ethyl adjacent to an activating group) is 1. The number of carbonyl (C=O) groups excluding carboxylic acids is 4. The first kappa shape index (κ1) is 59.0. The van der Waals surface area contributed by atoms with E-state index in [2.05, 4.69) is 10.6 Å². The Morgan fingerprint density at radius 3 is 1.10 bits per heavy atom. The Hall–Kier alpha value is -2.04. The Morgan fingerprint density at radius 2 is 0.762 bits per heavy atom. The molecule has 0 saturated heterocycles. The van der Waals surface area contributed by atoms with Gasteiger partial charge in [0.15, 0.2) is 0 Å². The molecule has 1 saturated carbocycles. The van der Waals surface area contributed by atoms with Crippen LogP contribution in [0.15, 0.2) is 0 Å². The van der Waals surface area contributed by atoms with Crippen molar-refractivity contribution in [2.45, 2.75) is 84.1 Å². The molecule has 1 amide bonds. The highest BCUT2D eigenvalue weighted by molar-refractivity contribution is 5.82. The van der Waals surface area contributed by atoms with Gasteiger partial charge in [0.05, 0.1) is 158 Å². The normalized spacial score (nSPS) is 15.7. The van der Waals surface area contributed by atoms with Gasteiger partial charge in [-0.15, -0.1) is 0 Å². The molecule has 0 aromatic heterocycles. The molecule has 1 fully saturated rings. The van der Waals surface area contributed by atoms with Crippen LogP contribution in [0.4, 0.5) is 0 Å². The van der Waals surface area contributed by atoms with Crippen molar-refractivity contribution in [3.63, 3.8) is 0 Å². The Bertz CT molecular complexity index is 1080. The van der Waals surface area contributed by atoms with Gasteiger partial charge in [0.1, 0.15) is 17.3 Å². The highest BCUT2D eigenvalue weighted by Crippen LogP contribution is 2.30. The third-order valence-corrected chi connectivity index (χ3v) is 10.1. The lowest BCUT2D eigenvalue weighted by Gasteiger charge is -2.25. The summed E-state index contributed by atoms with van der Waals surface area (Å²) in [4.78, 5) is 47.1. The highest BCUT2D eigenvalue weighted by Gasteiger charge is 2.27. The summed E-state index contributed by atoms with van der Waals surface area (Å²) in [5.74, 6) is 0.912. The van der Waals surface area contributed by atoms with Gasteiger partial charge in [0, 0.05) is 37.8 Å². The lowest BCUT2D eigenvalue weighted by Crippen LogP contribution is -2.32. The van der Waals surface area contributed by atoms with E-state index in [9.17, 15) is 19.2 Å². The van der Waals surface area contributed by atoms with E-state index in [0.29, 0.717) is 184 Å². The zero-order valence-electron chi connectivity index (χ0n) is 39.0. The van der Waals surface area contributed by atoms with Crippen LogP contribution < -0.4 is 10.6 Å². The van der Waals surface area contributed by atoms with E-state index in [1.165, 1.54) is 0 Å². The van der Waals surface area contributed by atoms with E-state index in [4.69, 9.17) is 56.8 Å². The average Bonchev–Trinajstić information content (AvgIpc) is 3.28. The van der Waals surface area contributed by atoms with Crippen LogP contribution in [0.5, 0.6) is 0 Å². The molecule has 0 radical (unpaired) electrons. The van der Waals surface area contributed by atoms with Crippen LogP contribution in [0.3, 0.4) is 0 Å². The predicted molar refractivity (Wildman–Crippen MR) is 235 cm³/mol. The van der Waals surface area contributed by atoms with E-state index < -0.39 is 0 Å². The molecule has 0 aliphatic heterocycles. The largest absolute Gasteiger partial charge is 0.379 e. The fourth-order valence-corrected chi connectivity index (χ4v) is 6.40. The topological polar surface area (TPSA) is 203 Å². The Kier molecular flexibility index (Phi) is 42.2. The van der Waals surface area contributed by atoms with Crippen molar-refractivity contribution < 1.29 is 76.0 Å². The summed E-state index contributed by atoms with van der Waals surface area (Å²) < 4.78 is 66.0. The Labute approximate surface area is 377 Å². The third-order valence-electron chi connectivity index (χ3n) is 10.1. The van der Waals surface area contributed by atoms with Gasteiger partial charge in [-0.1, -0.05) is 0 Å². The summed E-state index contributed by atoms with van der Waals surface area (Å²) in [6.07, 6.45) is 7.41. The van der Waals surface area contributed by atoms with Gasteiger partial charge in [0.25, 0.3) is 0 Å². The van der Waals surface area contributed by atoms with Crippen molar-refractivity contribution in [3.8, 4) is 0 Å². The smallest absolute Gasteiger partial charge is 0.222 e. The fourth-order valence-electron chi connectivity index (χ4n) is 6.40. The minimum Gasteiger partial charge on any atom is -0.379 e. The van der Waals surface area contributed by atoms with Gasteiger partial charge in [0.2, 0.25) is 5.91 Å². The minimum absolute atomic E-state index is 0.0427. The second kappa shape index (κ2) is 45.1. The van der Waals surface area contributed by atoms with Crippen molar-refractivity contribution in [1.82, 2.24) is 10.6 Å². The van der Waals surface area contributed by atoms with Crippen molar-refractivity contribution in [3.05, 3.63) is 0 Å². The molecule has 1 aliphatic rings. The molecule has 0 spiro atoms. The van der Waals surface area contributed by atoms with Crippen molar-refractivity contribution in [2.24, 2.45) is 11.8 Å². The summed E-state index contributed by atoms with van der Waals surface area (Å²) in [6, 6.07) is -0.111. The number of rotatable bonds is 49. The van der Waals surface area contributed by atoms with Crippen LogP contribution in [0.2, 0.25) is 0 Å². The average molecular weight is 909 g/mol. The summed E-state index contributed by atoms with van der Waals surface area (Å²) >= 11 is 0. The molecule has 2 N–H and O–H groups in total. The molecule has 1 aliphatic carbocycles. The molecule has 1 rings (SSSR count). The van der Waals surface area contributed by atoms with E-state index in [-0.39, 0.29) is 35.4 Å². The first-order chi connectivity index (χ1) is 30.8. The first-order valence-corrected chi connectivity index (χ1v) is 23.3. The molecule has 0 aromatic carbocycles. The molecule has 0 bridgehead atoms. The van der Waals surface area contributed by atoms with Crippen LogP contribution in [-0.4, -0.2) is 201 Å².